The Morgan fingerprint density at radius 3 is 2.91 bits per heavy atom. The van der Waals surface area contributed by atoms with Gasteiger partial charge in [0.25, 0.3) is 0 Å². The molecule has 2 amide bonds. The third-order valence-electron chi connectivity index (χ3n) is 3.17. The number of carbonyl (C=O) groups excluding carboxylic acids is 1. The van der Waals surface area contributed by atoms with Crippen LogP contribution in [0.4, 0.5) is 10.5 Å². The van der Waals surface area contributed by atoms with Gasteiger partial charge in [0, 0.05) is 24.8 Å². The highest BCUT2D eigenvalue weighted by molar-refractivity contribution is 5.88. The van der Waals surface area contributed by atoms with E-state index in [1.807, 2.05) is 13.0 Å². The lowest BCUT2D eigenvalue weighted by atomic mass is 10.1. The fourth-order valence-electron chi connectivity index (χ4n) is 2.02. The van der Waals surface area contributed by atoms with E-state index in [-0.39, 0.29) is 6.54 Å². The average Bonchev–Trinajstić information content (AvgIpc) is 3.00. The van der Waals surface area contributed by atoms with Gasteiger partial charge in [0.1, 0.15) is 5.75 Å². The molecule has 2 aromatic rings. The fourth-order valence-corrected chi connectivity index (χ4v) is 2.02. The van der Waals surface area contributed by atoms with Crippen molar-refractivity contribution < 1.29 is 14.6 Å². The van der Waals surface area contributed by atoms with Crippen LogP contribution in [-0.2, 0) is 6.54 Å². The zero-order valence-corrected chi connectivity index (χ0v) is 12.6. The Kier molecular flexibility index (Phi) is 5.37. The third kappa shape index (κ3) is 3.98. The van der Waals surface area contributed by atoms with E-state index in [2.05, 4.69) is 15.7 Å². The standard InChI is InChI=1S/C15H20N4O3/c1-3-19-10-11(8-17-19)18-15(21)16-9-13(20)12-6-4-5-7-14(12)22-2/h4-8,10,13,20H,3,9H2,1-2H3,(H2,16,18,21)/t13-/m1/s1. The molecule has 118 valence electrons. The van der Waals surface area contributed by atoms with Gasteiger partial charge in [0.2, 0.25) is 0 Å². The summed E-state index contributed by atoms with van der Waals surface area (Å²) in [6, 6.07) is 6.75. The third-order valence-corrected chi connectivity index (χ3v) is 3.17. The first-order chi connectivity index (χ1) is 10.6. The van der Waals surface area contributed by atoms with Crippen LogP contribution in [0, 0.1) is 0 Å². The Morgan fingerprint density at radius 1 is 1.45 bits per heavy atom. The number of aromatic nitrogens is 2. The predicted molar refractivity (Wildman–Crippen MR) is 82.9 cm³/mol. The Bertz CT molecular complexity index is 627. The molecule has 7 nitrogen and oxygen atoms in total. The first-order valence-electron chi connectivity index (χ1n) is 7.02. The molecule has 0 saturated carbocycles. The van der Waals surface area contributed by atoms with E-state index in [9.17, 15) is 9.90 Å². The Balaban J connectivity index is 1.87. The van der Waals surface area contributed by atoms with Crippen LogP contribution in [0.15, 0.2) is 36.7 Å². The van der Waals surface area contributed by atoms with Crippen molar-refractivity contribution in [2.24, 2.45) is 0 Å². The van der Waals surface area contributed by atoms with E-state index in [4.69, 9.17) is 4.74 Å². The predicted octanol–water partition coefficient (Wildman–Crippen LogP) is 1.77. The van der Waals surface area contributed by atoms with Gasteiger partial charge in [-0.25, -0.2) is 4.79 Å². The SMILES string of the molecule is CCn1cc(NC(=O)NC[C@@H](O)c2ccccc2OC)cn1. The summed E-state index contributed by atoms with van der Waals surface area (Å²) in [7, 11) is 1.54. The monoisotopic (exact) mass is 304 g/mol. The van der Waals surface area contributed by atoms with Gasteiger partial charge in [-0.05, 0) is 13.0 Å². The molecule has 1 heterocycles. The number of aliphatic hydroxyl groups is 1. The van der Waals surface area contributed by atoms with Gasteiger partial charge in [-0.3, -0.25) is 4.68 Å². The molecule has 0 aliphatic heterocycles. The van der Waals surface area contributed by atoms with Crippen LogP contribution < -0.4 is 15.4 Å². The van der Waals surface area contributed by atoms with Crippen molar-refractivity contribution in [3.05, 3.63) is 42.2 Å². The van der Waals surface area contributed by atoms with Crippen molar-refractivity contribution in [1.82, 2.24) is 15.1 Å². The smallest absolute Gasteiger partial charge is 0.319 e. The molecule has 0 unspecified atom stereocenters. The number of nitrogens with one attached hydrogen (secondary N) is 2. The first kappa shape index (κ1) is 15.8. The molecule has 0 spiro atoms. The normalized spacial score (nSPS) is 11.8. The van der Waals surface area contributed by atoms with E-state index < -0.39 is 12.1 Å². The lowest BCUT2D eigenvalue weighted by Crippen LogP contribution is -2.32. The minimum Gasteiger partial charge on any atom is -0.496 e. The molecule has 1 aromatic carbocycles. The highest BCUT2D eigenvalue weighted by atomic mass is 16.5. The Hall–Kier alpha value is -2.54. The highest BCUT2D eigenvalue weighted by Crippen LogP contribution is 2.23. The molecule has 0 radical (unpaired) electrons. The number of methoxy groups -OCH3 is 1. The molecule has 0 saturated heterocycles. The molecule has 0 fully saturated rings. The number of benzene rings is 1. The van der Waals surface area contributed by atoms with E-state index in [1.165, 1.54) is 7.11 Å². The zero-order valence-electron chi connectivity index (χ0n) is 12.6. The molecule has 2 rings (SSSR count). The number of carbonyl (C=O) groups is 1. The van der Waals surface area contributed by atoms with Crippen LogP contribution in [0.25, 0.3) is 0 Å². The molecule has 0 bridgehead atoms. The van der Waals surface area contributed by atoms with Gasteiger partial charge in [0.05, 0.1) is 25.1 Å². The first-order valence-corrected chi connectivity index (χ1v) is 7.02. The maximum absolute atomic E-state index is 11.8. The van der Waals surface area contributed by atoms with Crippen molar-refractivity contribution in [1.29, 1.82) is 0 Å². The van der Waals surface area contributed by atoms with Gasteiger partial charge < -0.3 is 20.5 Å². The van der Waals surface area contributed by atoms with Crippen molar-refractivity contribution in [2.45, 2.75) is 19.6 Å². The van der Waals surface area contributed by atoms with Crippen LogP contribution in [-0.4, -0.2) is 34.6 Å². The molecule has 0 aliphatic carbocycles. The number of aliphatic hydroxyl groups excluding tert-OH is 1. The van der Waals surface area contributed by atoms with Crippen LogP contribution in [0.1, 0.15) is 18.6 Å². The van der Waals surface area contributed by atoms with Gasteiger partial charge >= 0.3 is 6.03 Å². The number of rotatable bonds is 6. The van der Waals surface area contributed by atoms with E-state index in [0.29, 0.717) is 17.0 Å². The molecule has 0 aliphatic rings. The number of aryl methyl sites for hydroxylation is 1. The molecule has 22 heavy (non-hydrogen) atoms. The average molecular weight is 304 g/mol. The summed E-state index contributed by atoms with van der Waals surface area (Å²) in [4.78, 5) is 11.8. The van der Waals surface area contributed by atoms with Gasteiger partial charge in [0.15, 0.2) is 0 Å². The van der Waals surface area contributed by atoms with Gasteiger partial charge in [-0.15, -0.1) is 0 Å². The summed E-state index contributed by atoms with van der Waals surface area (Å²) in [6.45, 7) is 2.77. The molecule has 7 heteroatoms. The van der Waals surface area contributed by atoms with E-state index >= 15 is 0 Å². The van der Waals surface area contributed by atoms with Crippen molar-refractivity contribution in [3.8, 4) is 5.75 Å². The van der Waals surface area contributed by atoms with Crippen LogP contribution in [0.5, 0.6) is 5.75 Å². The summed E-state index contributed by atoms with van der Waals surface area (Å²) >= 11 is 0. The van der Waals surface area contributed by atoms with Crippen LogP contribution in [0.3, 0.4) is 0 Å². The number of urea groups is 1. The number of anilines is 1. The van der Waals surface area contributed by atoms with Crippen molar-refractivity contribution in [2.75, 3.05) is 19.0 Å². The van der Waals surface area contributed by atoms with Crippen LogP contribution in [0.2, 0.25) is 0 Å². The number of hydrogen-bond acceptors (Lipinski definition) is 4. The summed E-state index contributed by atoms with van der Waals surface area (Å²) < 4.78 is 6.89. The van der Waals surface area contributed by atoms with Crippen molar-refractivity contribution >= 4 is 11.7 Å². The minimum absolute atomic E-state index is 0.0775. The Labute approximate surface area is 128 Å². The molecule has 1 atom stereocenters. The second-order valence-electron chi connectivity index (χ2n) is 4.68. The molecular formula is C15H20N4O3. The van der Waals surface area contributed by atoms with E-state index in [1.54, 1.807) is 35.3 Å². The summed E-state index contributed by atoms with van der Waals surface area (Å²) in [6.07, 6.45) is 2.45. The topological polar surface area (TPSA) is 88.4 Å². The second-order valence-corrected chi connectivity index (χ2v) is 4.68. The summed E-state index contributed by atoms with van der Waals surface area (Å²) in [5, 5.41) is 19.5. The molecule has 3 N–H and O–H groups in total. The minimum atomic E-state index is -0.847. The zero-order chi connectivity index (χ0) is 15.9. The quantitative estimate of drug-likeness (QED) is 0.759. The van der Waals surface area contributed by atoms with Crippen molar-refractivity contribution in [3.63, 3.8) is 0 Å². The second kappa shape index (κ2) is 7.46. The van der Waals surface area contributed by atoms with E-state index in [0.717, 1.165) is 6.54 Å². The fraction of sp³-hybridized carbons (Fsp3) is 0.333. The number of hydrogen-bond donors (Lipinski definition) is 3. The number of nitrogens with zero attached hydrogens (tertiary/aromatic N) is 2. The number of para-hydroxylation sites is 1. The lowest BCUT2D eigenvalue weighted by Gasteiger charge is -2.15. The maximum atomic E-state index is 11.8. The molecule has 1 aromatic heterocycles. The van der Waals surface area contributed by atoms with Gasteiger partial charge in [-0.2, -0.15) is 5.10 Å². The largest absolute Gasteiger partial charge is 0.496 e. The highest BCUT2D eigenvalue weighted by Gasteiger charge is 2.14. The lowest BCUT2D eigenvalue weighted by molar-refractivity contribution is 0.171. The number of ether oxygens (including phenoxy) is 1. The number of amides is 2. The van der Waals surface area contributed by atoms with Crippen LogP contribution >= 0.6 is 0 Å². The maximum Gasteiger partial charge on any atom is 0.319 e. The Morgan fingerprint density at radius 2 is 2.23 bits per heavy atom. The molecular weight excluding hydrogens is 284 g/mol. The summed E-state index contributed by atoms with van der Waals surface area (Å²) in [5.41, 5.74) is 1.23. The summed E-state index contributed by atoms with van der Waals surface area (Å²) in [5.74, 6) is 0.585. The van der Waals surface area contributed by atoms with Gasteiger partial charge in [-0.1, -0.05) is 18.2 Å².